The Bertz CT molecular complexity index is 606. The Morgan fingerprint density at radius 3 is 2.52 bits per heavy atom. The van der Waals surface area contributed by atoms with Gasteiger partial charge in [0.25, 0.3) is 5.91 Å². The van der Waals surface area contributed by atoms with Crippen LogP contribution in [0.4, 0.5) is 0 Å². The molecule has 1 aliphatic carbocycles. The average molecular weight is 307 g/mol. The van der Waals surface area contributed by atoms with Gasteiger partial charge in [-0.25, -0.2) is 0 Å². The lowest BCUT2D eigenvalue weighted by Gasteiger charge is -2.43. The number of benzene rings is 1. The van der Waals surface area contributed by atoms with E-state index in [2.05, 4.69) is 17.4 Å². The first-order chi connectivity index (χ1) is 9.73. The highest BCUT2D eigenvalue weighted by Crippen LogP contribution is 2.41. The summed E-state index contributed by atoms with van der Waals surface area (Å²) in [5, 5.41) is 3.16. The van der Waals surface area contributed by atoms with Gasteiger partial charge in [0.1, 0.15) is 12.0 Å². The number of carbonyl (C=O) groups excluding carboxylic acids is 1. The van der Waals surface area contributed by atoms with Crippen molar-refractivity contribution in [3.05, 3.63) is 59.5 Å². The van der Waals surface area contributed by atoms with Crippen LogP contribution in [0, 0.1) is 0 Å². The number of carbonyl (C=O) groups is 1. The number of amides is 1. The molecule has 1 aromatic carbocycles. The fourth-order valence-electron chi connectivity index (χ4n) is 2.67. The van der Waals surface area contributed by atoms with Gasteiger partial charge in [0.15, 0.2) is 0 Å². The second-order valence-corrected chi connectivity index (χ2v) is 5.26. The minimum Gasteiger partial charge on any atom is -0.467 e. The first-order valence-corrected chi connectivity index (χ1v) is 6.89. The van der Waals surface area contributed by atoms with Crippen LogP contribution in [-0.4, -0.2) is 5.91 Å². The van der Waals surface area contributed by atoms with Crippen molar-refractivity contribution in [2.75, 3.05) is 0 Å². The molecule has 0 spiro atoms. The quantitative estimate of drug-likeness (QED) is 0.912. The fourth-order valence-corrected chi connectivity index (χ4v) is 2.67. The van der Waals surface area contributed by atoms with E-state index in [4.69, 9.17) is 10.2 Å². The summed E-state index contributed by atoms with van der Waals surface area (Å²) in [5.41, 5.74) is 6.97. The van der Waals surface area contributed by atoms with E-state index in [1.807, 2.05) is 18.2 Å². The van der Waals surface area contributed by atoms with Gasteiger partial charge in [-0.1, -0.05) is 30.3 Å². The number of furan rings is 1. The molecule has 0 atom stereocenters. The zero-order chi connectivity index (χ0) is 14.0. The second-order valence-electron chi connectivity index (χ2n) is 5.26. The van der Waals surface area contributed by atoms with Crippen molar-refractivity contribution in [2.45, 2.75) is 31.3 Å². The van der Waals surface area contributed by atoms with Crippen LogP contribution in [0.25, 0.3) is 0 Å². The summed E-state index contributed by atoms with van der Waals surface area (Å²) >= 11 is 0. The zero-order valence-corrected chi connectivity index (χ0v) is 12.5. The first kappa shape index (κ1) is 15.6. The van der Waals surface area contributed by atoms with Crippen LogP contribution in [0.5, 0.6) is 0 Å². The lowest BCUT2D eigenvalue weighted by Crippen LogP contribution is -2.50. The van der Waals surface area contributed by atoms with Crippen molar-refractivity contribution >= 4 is 18.3 Å². The summed E-state index contributed by atoms with van der Waals surface area (Å²) in [6.45, 7) is 0.303. The van der Waals surface area contributed by atoms with Gasteiger partial charge in [0.2, 0.25) is 0 Å². The molecule has 1 fully saturated rings. The van der Waals surface area contributed by atoms with E-state index in [9.17, 15) is 4.79 Å². The van der Waals surface area contributed by atoms with Gasteiger partial charge in [-0.2, -0.15) is 0 Å². The summed E-state index contributed by atoms with van der Waals surface area (Å²) in [6.07, 6.45) is 4.55. The predicted octanol–water partition coefficient (Wildman–Crippen LogP) is 2.97. The van der Waals surface area contributed by atoms with Crippen LogP contribution in [0.2, 0.25) is 0 Å². The summed E-state index contributed by atoms with van der Waals surface area (Å²) in [7, 11) is 0. The van der Waals surface area contributed by atoms with Gasteiger partial charge >= 0.3 is 0 Å². The van der Waals surface area contributed by atoms with Crippen LogP contribution in [0.15, 0.2) is 47.1 Å². The highest BCUT2D eigenvalue weighted by Gasteiger charge is 2.40. The number of nitrogens with one attached hydrogen (secondary N) is 1. The molecule has 1 heterocycles. The van der Waals surface area contributed by atoms with Gasteiger partial charge < -0.3 is 15.5 Å². The Morgan fingerprint density at radius 2 is 2.00 bits per heavy atom. The van der Waals surface area contributed by atoms with Gasteiger partial charge in [0, 0.05) is 0 Å². The summed E-state index contributed by atoms with van der Waals surface area (Å²) in [4.78, 5) is 12.3. The molecule has 4 nitrogen and oxygen atoms in total. The molecule has 1 amide bonds. The molecule has 2 aromatic rings. The predicted molar refractivity (Wildman–Crippen MR) is 83.3 cm³/mol. The van der Waals surface area contributed by atoms with E-state index in [0.29, 0.717) is 17.9 Å². The molecule has 21 heavy (non-hydrogen) atoms. The maximum absolute atomic E-state index is 12.3. The Balaban J connectivity index is 0.00000161. The van der Waals surface area contributed by atoms with Crippen molar-refractivity contribution in [1.29, 1.82) is 0 Å². The maximum Gasteiger partial charge on any atom is 0.255 e. The van der Waals surface area contributed by atoms with Gasteiger partial charge in [0.05, 0.1) is 17.6 Å². The van der Waals surface area contributed by atoms with Gasteiger partial charge in [-0.05, 0) is 30.9 Å². The van der Waals surface area contributed by atoms with Crippen molar-refractivity contribution in [3.63, 3.8) is 0 Å². The minimum atomic E-state index is -0.224. The van der Waals surface area contributed by atoms with Crippen LogP contribution >= 0.6 is 12.4 Å². The maximum atomic E-state index is 12.3. The monoisotopic (exact) mass is 306 g/mol. The van der Waals surface area contributed by atoms with Crippen LogP contribution in [0.3, 0.4) is 0 Å². The number of halogens is 1. The second kappa shape index (κ2) is 6.33. The topological polar surface area (TPSA) is 68.3 Å². The van der Waals surface area contributed by atoms with E-state index >= 15 is 0 Å². The SMILES string of the molecule is Cl.NCc1cc(C(=O)NC2(c3ccccc3)CCC2)co1. The molecular weight excluding hydrogens is 288 g/mol. The molecule has 1 aliphatic rings. The van der Waals surface area contributed by atoms with Gasteiger partial charge in [-0.3, -0.25) is 4.79 Å². The molecule has 112 valence electrons. The van der Waals surface area contributed by atoms with E-state index in [1.165, 1.54) is 11.8 Å². The number of rotatable bonds is 4. The average Bonchev–Trinajstić information content (AvgIpc) is 2.92. The lowest BCUT2D eigenvalue weighted by atomic mass is 9.71. The number of hydrogen-bond acceptors (Lipinski definition) is 3. The number of hydrogen-bond donors (Lipinski definition) is 2. The van der Waals surface area contributed by atoms with E-state index < -0.39 is 0 Å². The molecule has 5 heteroatoms. The smallest absolute Gasteiger partial charge is 0.255 e. The van der Waals surface area contributed by atoms with E-state index in [1.54, 1.807) is 6.07 Å². The third-order valence-corrected chi connectivity index (χ3v) is 4.00. The Morgan fingerprint density at radius 1 is 1.29 bits per heavy atom. The lowest BCUT2D eigenvalue weighted by molar-refractivity contribution is 0.0822. The van der Waals surface area contributed by atoms with Crippen molar-refractivity contribution in [1.82, 2.24) is 5.32 Å². The minimum absolute atomic E-state index is 0. The Hall–Kier alpha value is -1.78. The Kier molecular flexibility index (Phi) is 4.70. The molecule has 3 rings (SSSR count). The Labute approximate surface area is 130 Å². The highest BCUT2D eigenvalue weighted by molar-refractivity contribution is 5.94. The van der Waals surface area contributed by atoms with E-state index in [-0.39, 0.29) is 23.9 Å². The third kappa shape index (κ3) is 2.96. The highest BCUT2D eigenvalue weighted by atomic mass is 35.5. The van der Waals surface area contributed by atoms with Gasteiger partial charge in [-0.15, -0.1) is 12.4 Å². The molecule has 1 aromatic heterocycles. The van der Waals surface area contributed by atoms with Crippen molar-refractivity contribution in [3.8, 4) is 0 Å². The van der Waals surface area contributed by atoms with Crippen LogP contribution in [-0.2, 0) is 12.1 Å². The summed E-state index contributed by atoms with van der Waals surface area (Å²) in [5.74, 6) is 0.523. The molecule has 0 aliphatic heterocycles. The molecule has 3 N–H and O–H groups in total. The molecule has 0 radical (unpaired) electrons. The molecule has 0 unspecified atom stereocenters. The zero-order valence-electron chi connectivity index (χ0n) is 11.7. The molecular formula is C16H19ClN2O2. The third-order valence-electron chi connectivity index (χ3n) is 4.00. The standard InChI is InChI=1S/C16H18N2O2.ClH/c17-10-14-9-12(11-20-14)15(19)18-16(7-4-8-16)13-5-2-1-3-6-13;/h1-3,5-6,9,11H,4,7-8,10,17H2,(H,18,19);1H. The molecule has 0 saturated heterocycles. The van der Waals surface area contributed by atoms with Crippen LogP contribution in [0.1, 0.15) is 40.9 Å². The largest absolute Gasteiger partial charge is 0.467 e. The van der Waals surface area contributed by atoms with Crippen LogP contribution < -0.4 is 11.1 Å². The normalized spacial score (nSPS) is 15.7. The summed E-state index contributed by atoms with van der Waals surface area (Å²) in [6, 6.07) is 11.8. The number of nitrogens with two attached hydrogens (primary N) is 1. The molecule has 1 saturated carbocycles. The molecule has 0 bridgehead atoms. The van der Waals surface area contributed by atoms with Crippen molar-refractivity contribution < 1.29 is 9.21 Å². The fraction of sp³-hybridized carbons (Fsp3) is 0.312. The summed E-state index contributed by atoms with van der Waals surface area (Å²) < 4.78 is 5.22. The van der Waals surface area contributed by atoms with Crippen molar-refractivity contribution in [2.24, 2.45) is 5.73 Å². The first-order valence-electron chi connectivity index (χ1n) is 6.89. The van der Waals surface area contributed by atoms with E-state index in [0.717, 1.165) is 19.3 Å².